The lowest BCUT2D eigenvalue weighted by Gasteiger charge is -2.15. The van der Waals surface area contributed by atoms with Gasteiger partial charge in [-0.25, -0.2) is 0 Å². The first-order chi connectivity index (χ1) is 14.0. The summed E-state index contributed by atoms with van der Waals surface area (Å²) < 4.78 is 5.65. The van der Waals surface area contributed by atoms with E-state index in [4.69, 9.17) is 21.6 Å². The van der Waals surface area contributed by atoms with Gasteiger partial charge in [-0.3, -0.25) is 9.59 Å². The number of nitrogens with zero attached hydrogens (tertiary/aromatic N) is 1. The number of ketones is 1. The fourth-order valence-electron chi connectivity index (χ4n) is 2.63. The summed E-state index contributed by atoms with van der Waals surface area (Å²) in [6.07, 6.45) is -0.792. The van der Waals surface area contributed by atoms with Gasteiger partial charge >= 0.3 is 0 Å². The Morgan fingerprint density at radius 2 is 1.55 bits per heavy atom. The predicted octanol–water partition coefficient (Wildman–Crippen LogP) is 4.85. The highest BCUT2D eigenvalue weighted by molar-refractivity contribution is 6.30. The van der Waals surface area contributed by atoms with Gasteiger partial charge in [-0.1, -0.05) is 23.7 Å². The van der Waals surface area contributed by atoms with Crippen molar-refractivity contribution in [1.82, 2.24) is 0 Å². The van der Waals surface area contributed by atoms with Gasteiger partial charge in [-0.05, 0) is 67.6 Å². The Morgan fingerprint density at radius 3 is 2.17 bits per heavy atom. The molecule has 5 nitrogen and oxygen atoms in total. The number of carbonyl (C=O) groups is 2. The van der Waals surface area contributed by atoms with Crippen LogP contribution < -0.4 is 10.1 Å². The Labute approximate surface area is 173 Å². The summed E-state index contributed by atoms with van der Waals surface area (Å²) in [4.78, 5) is 24.9. The largest absolute Gasteiger partial charge is 0.481 e. The minimum Gasteiger partial charge on any atom is -0.481 e. The highest BCUT2D eigenvalue weighted by atomic mass is 35.5. The number of amides is 1. The fourth-order valence-corrected chi connectivity index (χ4v) is 2.76. The van der Waals surface area contributed by atoms with E-state index >= 15 is 0 Å². The standard InChI is InChI=1S/C23H17ClN2O3/c1-15(23(28)26-21-5-3-2-4-18(21)14-25)29-20-12-8-17(9-13-20)22(27)16-6-10-19(24)11-7-16/h2-13,15H,1H3,(H,26,28). The van der Waals surface area contributed by atoms with Crippen LogP contribution in [0.25, 0.3) is 0 Å². The monoisotopic (exact) mass is 404 g/mol. The van der Waals surface area contributed by atoms with Crippen LogP contribution in [-0.4, -0.2) is 17.8 Å². The first kappa shape index (κ1) is 20.1. The summed E-state index contributed by atoms with van der Waals surface area (Å²) in [7, 11) is 0. The van der Waals surface area contributed by atoms with Gasteiger partial charge < -0.3 is 10.1 Å². The summed E-state index contributed by atoms with van der Waals surface area (Å²) in [6.45, 7) is 1.61. The Balaban J connectivity index is 1.64. The van der Waals surface area contributed by atoms with Gasteiger partial charge in [-0.15, -0.1) is 0 Å². The molecule has 0 radical (unpaired) electrons. The molecule has 3 rings (SSSR count). The molecule has 0 aliphatic carbocycles. The molecule has 0 bridgehead atoms. The van der Waals surface area contributed by atoms with Crippen LogP contribution >= 0.6 is 11.6 Å². The van der Waals surface area contributed by atoms with E-state index in [0.717, 1.165) is 0 Å². The third-order valence-corrected chi connectivity index (χ3v) is 4.46. The Bertz CT molecular complexity index is 1070. The molecule has 1 amide bonds. The molecule has 0 heterocycles. The molecule has 1 unspecified atom stereocenters. The van der Waals surface area contributed by atoms with Crippen LogP contribution in [-0.2, 0) is 4.79 Å². The minimum atomic E-state index is -0.792. The van der Waals surface area contributed by atoms with Gasteiger partial charge in [0.15, 0.2) is 11.9 Å². The van der Waals surface area contributed by atoms with Gasteiger partial charge in [0.2, 0.25) is 0 Å². The third kappa shape index (κ3) is 5.01. The normalized spacial score (nSPS) is 11.2. The molecule has 144 valence electrons. The number of carbonyl (C=O) groups excluding carboxylic acids is 2. The molecule has 1 atom stereocenters. The topological polar surface area (TPSA) is 79.2 Å². The molecule has 29 heavy (non-hydrogen) atoms. The number of anilines is 1. The summed E-state index contributed by atoms with van der Waals surface area (Å²) in [5.74, 6) is -0.0602. The van der Waals surface area contributed by atoms with E-state index in [-0.39, 0.29) is 11.7 Å². The lowest BCUT2D eigenvalue weighted by molar-refractivity contribution is -0.122. The molecule has 1 N–H and O–H groups in total. The molecule has 3 aromatic rings. The van der Waals surface area contributed by atoms with Crippen LogP contribution in [0.15, 0.2) is 72.8 Å². The average molecular weight is 405 g/mol. The van der Waals surface area contributed by atoms with Crippen LogP contribution in [0.1, 0.15) is 28.4 Å². The highest BCUT2D eigenvalue weighted by Crippen LogP contribution is 2.19. The maximum absolute atomic E-state index is 12.5. The van der Waals surface area contributed by atoms with Crippen molar-refractivity contribution in [1.29, 1.82) is 5.26 Å². The molecule has 6 heteroatoms. The Morgan fingerprint density at radius 1 is 0.966 bits per heavy atom. The molecule has 0 spiro atoms. The number of hydrogen-bond acceptors (Lipinski definition) is 4. The van der Waals surface area contributed by atoms with Crippen molar-refractivity contribution in [3.05, 3.63) is 94.5 Å². The molecule has 0 saturated heterocycles. The van der Waals surface area contributed by atoms with Crippen molar-refractivity contribution < 1.29 is 14.3 Å². The van der Waals surface area contributed by atoms with Crippen LogP contribution in [0.2, 0.25) is 5.02 Å². The minimum absolute atomic E-state index is 0.132. The molecule has 0 fully saturated rings. The van der Waals surface area contributed by atoms with Gasteiger partial charge in [-0.2, -0.15) is 5.26 Å². The second-order valence-corrected chi connectivity index (χ2v) is 6.70. The maximum atomic E-state index is 12.5. The van der Waals surface area contributed by atoms with E-state index in [1.165, 1.54) is 0 Å². The molecule has 0 aliphatic rings. The van der Waals surface area contributed by atoms with Crippen molar-refractivity contribution in [3.8, 4) is 11.8 Å². The second-order valence-electron chi connectivity index (χ2n) is 6.27. The number of hydrogen-bond donors (Lipinski definition) is 1. The van der Waals surface area contributed by atoms with Crippen molar-refractivity contribution in [3.63, 3.8) is 0 Å². The van der Waals surface area contributed by atoms with E-state index in [9.17, 15) is 9.59 Å². The van der Waals surface area contributed by atoms with E-state index in [1.54, 1.807) is 79.7 Å². The lowest BCUT2D eigenvalue weighted by atomic mass is 10.0. The van der Waals surface area contributed by atoms with E-state index in [0.29, 0.717) is 33.1 Å². The third-order valence-electron chi connectivity index (χ3n) is 4.21. The molecule has 0 aromatic heterocycles. The number of nitriles is 1. The van der Waals surface area contributed by atoms with E-state index in [2.05, 4.69) is 5.32 Å². The molecule has 0 aliphatic heterocycles. The smallest absolute Gasteiger partial charge is 0.265 e. The number of benzene rings is 3. The SMILES string of the molecule is CC(Oc1ccc(C(=O)c2ccc(Cl)cc2)cc1)C(=O)Nc1ccccc1C#N. The summed E-state index contributed by atoms with van der Waals surface area (Å²) in [5, 5.41) is 12.4. The number of ether oxygens (including phenoxy) is 1. The summed E-state index contributed by atoms with van der Waals surface area (Å²) >= 11 is 5.85. The first-order valence-electron chi connectivity index (χ1n) is 8.85. The number of rotatable bonds is 6. The van der Waals surface area contributed by atoms with Crippen LogP contribution in [0, 0.1) is 11.3 Å². The number of para-hydroxylation sites is 1. The quantitative estimate of drug-likeness (QED) is 0.595. The zero-order chi connectivity index (χ0) is 20.8. The zero-order valence-corrected chi connectivity index (χ0v) is 16.3. The Hall–Kier alpha value is -3.62. The highest BCUT2D eigenvalue weighted by Gasteiger charge is 2.17. The van der Waals surface area contributed by atoms with Gasteiger partial charge in [0, 0.05) is 16.1 Å². The molecule has 0 saturated carbocycles. The molecular weight excluding hydrogens is 388 g/mol. The lowest BCUT2D eigenvalue weighted by Crippen LogP contribution is -2.30. The predicted molar refractivity (Wildman–Crippen MR) is 111 cm³/mol. The van der Waals surface area contributed by atoms with Gasteiger partial charge in [0.05, 0.1) is 11.3 Å². The van der Waals surface area contributed by atoms with Gasteiger partial charge in [0.1, 0.15) is 11.8 Å². The fraction of sp³-hybridized carbons (Fsp3) is 0.0870. The van der Waals surface area contributed by atoms with Crippen molar-refractivity contribution in [2.75, 3.05) is 5.32 Å². The van der Waals surface area contributed by atoms with Crippen LogP contribution in [0.3, 0.4) is 0 Å². The van der Waals surface area contributed by atoms with Crippen molar-refractivity contribution in [2.45, 2.75) is 13.0 Å². The van der Waals surface area contributed by atoms with E-state index < -0.39 is 6.10 Å². The number of halogens is 1. The van der Waals surface area contributed by atoms with Crippen molar-refractivity contribution in [2.24, 2.45) is 0 Å². The van der Waals surface area contributed by atoms with Gasteiger partial charge in [0.25, 0.3) is 5.91 Å². The van der Waals surface area contributed by atoms with E-state index in [1.807, 2.05) is 6.07 Å². The van der Waals surface area contributed by atoms with Crippen LogP contribution in [0.4, 0.5) is 5.69 Å². The number of nitrogens with one attached hydrogen (secondary N) is 1. The molecule has 3 aromatic carbocycles. The zero-order valence-electron chi connectivity index (χ0n) is 15.6. The van der Waals surface area contributed by atoms with Crippen molar-refractivity contribution >= 4 is 29.0 Å². The Kier molecular flexibility index (Phi) is 6.28. The van der Waals surface area contributed by atoms with Crippen LogP contribution in [0.5, 0.6) is 5.75 Å². The molecular formula is C23H17ClN2O3. The second kappa shape index (κ2) is 9.05. The maximum Gasteiger partial charge on any atom is 0.265 e. The summed E-state index contributed by atoms with van der Waals surface area (Å²) in [6, 6.07) is 22.0. The first-order valence-corrected chi connectivity index (χ1v) is 9.22. The average Bonchev–Trinajstić information content (AvgIpc) is 2.74. The summed E-state index contributed by atoms with van der Waals surface area (Å²) in [5.41, 5.74) is 1.84.